The van der Waals surface area contributed by atoms with Gasteiger partial charge in [-0.25, -0.2) is 4.98 Å². The number of methoxy groups -OCH3 is 2. The van der Waals surface area contributed by atoms with Crippen molar-refractivity contribution in [3.8, 4) is 0 Å². The second kappa shape index (κ2) is 8.47. The van der Waals surface area contributed by atoms with Crippen molar-refractivity contribution in [1.82, 2.24) is 9.55 Å². The SMILES string of the molecule is COCC(COC)n1cc(C)nc(Nc2c(C)cc(C)cc2Cl)c1=O. The Morgan fingerprint density at radius 3 is 2.40 bits per heavy atom. The zero-order valence-corrected chi connectivity index (χ0v) is 16.0. The van der Waals surface area contributed by atoms with Crippen molar-refractivity contribution >= 4 is 23.1 Å². The average molecular weight is 366 g/mol. The minimum absolute atomic E-state index is 0.228. The van der Waals surface area contributed by atoms with Crippen LogP contribution < -0.4 is 10.9 Å². The van der Waals surface area contributed by atoms with E-state index >= 15 is 0 Å². The molecule has 0 amide bonds. The van der Waals surface area contributed by atoms with Crippen LogP contribution in [0.4, 0.5) is 11.5 Å². The summed E-state index contributed by atoms with van der Waals surface area (Å²) < 4.78 is 12.0. The summed E-state index contributed by atoms with van der Waals surface area (Å²) in [4.78, 5) is 17.2. The fraction of sp³-hybridized carbons (Fsp3) is 0.444. The summed E-state index contributed by atoms with van der Waals surface area (Å²) >= 11 is 6.34. The molecule has 0 fully saturated rings. The molecule has 7 heteroatoms. The molecular formula is C18H24ClN3O3. The maximum absolute atomic E-state index is 12.9. The van der Waals surface area contributed by atoms with Crippen molar-refractivity contribution in [3.63, 3.8) is 0 Å². The van der Waals surface area contributed by atoms with Crippen LogP contribution in [0.1, 0.15) is 22.9 Å². The van der Waals surface area contributed by atoms with Crippen LogP contribution in [0.3, 0.4) is 0 Å². The van der Waals surface area contributed by atoms with E-state index in [1.54, 1.807) is 25.0 Å². The molecule has 0 radical (unpaired) electrons. The Balaban J connectivity index is 2.48. The van der Waals surface area contributed by atoms with Gasteiger partial charge in [-0.3, -0.25) is 4.79 Å². The van der Waals surface area contributed by atoms with Gasteiger partial charge in [0, 0.05) is 20.4 Å². The lowest BCUT2D eigenvalue weighted by Crippen LogP contribution is -2.32. The molecule has 0 saturated heterocycles. The summed E-state index contributed by atoms with van der Waals surface area (Å²) in [7, 11) is 3.19. The largest absolute Gasteiger partial charge is 0.382 e. The summed E-state index contributed by atoms with van der Waals surface area (Å²) in [5.41, 5.74) is 3.15. The highest BCUT2D eigenvalue weighted by molar-refractivity contribution is 6.33. The first-order valence-electron chi connectivity index (χ1n) is 7.98. The second-order valence-corrected chi connectivity index (χ2v) is 6.48. The number of anilines is 2. The molecule has 0 aliphatic rings. The third-order valence-corrected chi connectivity index (χ3v) is 4.14. The van der Waals surface area contributed by atoms with Gasteiger partial charge in [-0.1, -0.05) is 17.7 Å². The Bertz CT molecular complexity index is 776. The number of hydrogen-bond donors (Lipinski definition) is 1. The number of rotatable bonds is 7. The van der Waals surface area contributed by atoms with Gasteiger partial charge in [0.05, 0.1) is 35.7 Å². The van der Waals surface area contributed by atoms with E-state index in [1.807, 2.05) is 32.9 Å². The molecule has 0 aliphatic carbocycles. The number of aromatic nitrogens is 2. The molecule has 1 heterocycles. The van der Waals surface area contributed by atoms with Crippen LogP contribution in [0.15, 0.2) is 23.1 Å². The number of ether oxygens (including phenoxy) is 2. The molecule has 0 bridgehead atoms. The number of nitrogens with one attached hydrogen (secondary N) is 1. The van der Waals surface area contributed by atoms with Crippen LogP contribution in [0, 0.1) is 20.8 Å². The Kier molecular flexibility index (Phi) is 6.58. The van der Waals surface area contributed by atoms with Gasteiger partial charge >= 0.3 is 0 Å². The monoisotopic (exact) mass is 365 g/mol. The minimum Gasteiger partial charge on any atom is -0.382 e. The Hall–Kier alpha value is -1.89. The minimum atomic E-state index is -0.249. The first-order valence-corrected chi connectivity index (χ1v) is 8.36. The van der Waals surface area contributed by atoms with Crippen molar-refractivity contribution in [1.29, 1.82) is 0 Å². The van der Waals surface area contributed by atoms with Gasteiger partial charge in [0.2, 0.25) is 0 Å². The maximum Gasteiger partial charge on any atom is 0.294 e. The molecule has 6 nitrogen and oxygen atoms in total. The lowest BCUT2D eigenvalue weighted by atomic mass is 10.1. The molecule has 0 spiro atoms. The number of benzene rings is 1. The van der Waals surface area contributed by atoms with E-state index in [0.717, 1.165) is 11.1 Å². The molecule has 1 aromatic carbocycles. The predicted molar refractivity (Wildman–Crippen MR) is 100 cm³/mol. The van der Waals surface area contributed by atoms with Gasteiger partial charge in [0.1, 0.15) is 0 Å². The molecule has 1 N–H and O–H groups in total. The van der Waals surface area contributed by atoms with Crippen LogP contribution in [-0.2, 0) is 9.47 Å². The van der Waals surface area contributed by atoms with Crippen molar-refractivity contribution < 1.29 is 9.47 Å². The predicted octanol–water partition coefficient (Wildman–Crippen LogP) is 3.40. The fourth-order valence-corrected chi connectivity index (χ4v) is 3.14. The van der Waals surface area contributed by atoms with Gasteiger partial charge < -0.3 is 19.4 Å². The highest BCUT2D eigenvalue weighted by Gasteiger charge is 2.17. The fourth-order valence-electron chi connectivity index (χ4n) is 2.77. The normalized spacial score (nSPS) is 11.2. The van der Waals surface area contributed by atoms with E-state index in [4.69, 9.17) is 21.1 Å². The molecule has 0 aliphatic heterocycles. The lowest BCUT2D eigenvalue weighted by molar-refractivity contribution is 0.0878. The van der Waals surface area contributed by atoms with Crippen LogP contribution in [-0.4, -0.2) is 37.0 Å². The molecule has 0 atom stereocenters. The standard InChI is InChI=1S/C18H24ClN3O3/c1-11-6-12(2)16(15(19)7-11)21-17-18(23)22(8-13(3)20-17)14(9-24-4)10-25-5/h6-8,14H,9-10H2,1-5H3,(H,20,21). The van der Waals surface area contributed by atoms with E-state index in [9.17, 15) is 4.79 Å². The molecular weight excluding hydrogens is 342 g/mol. The molecule has 1 aromatic heterocycles. The highest BCUT2D eigenvalue weighted by Crippen LogP contribution is 2.29. The number of halogens is 1. The second-order valence-electron chi connectivity index (χ2n) is 6.07. The van der Waals surface area contributed by atoms with Gasteiger partial charge in [-0.15, -0.1) is 0 Å². The zero-order chi connectivity index (χ0) is 18.6. The number of nitrogens with zero attached hydrogens (tertiary/aromatic N) is 2. The molecule has 0 saturated carbocycles. The van der Waals surface area contributed by atoms with Crippen LogP contribution >= 0.6 is 11.6 Å². The lowest BCUT2D eigenvalue weighted by Gasteiger charge is -2.20. The van der Waals surface area contributed by atoms with Crippen LogP contribution in [0.2, 0.25) is 5.02 Å². The molecule has 2 aromatic rings. The van der Waals surface area contributed by atoms with E-state index in [2.05, 4.69) is 10.3 Å². The Labute approximate surface area is 152 Å². The third kappa shape index (κ3) is 4.60. The molecule has 136 valence electrons. The molecule has 0 unspecified atom stereocenters. The van der Waals surface area contributed by atoms with Crippen LogP contribution in [0.5, 0.6) is 0 Å². The van der Waals surface area contributed by atoms with Crippen molar-refractivity contribution in [2.24, 2.45) is 0 Å². The first kappa shape index (κ1) is 19.4. The number of hydrogen-bond acceptors (Lipinski definition) is 5. The summed E-state index contributed by atoms with van der Waals surface area (Å²) in [5, 5.41) is 3.65. The van der Waals surface area contributed by atoms with E-state index in [1.165, 1.54) is 0 Å². The Morgan fingerprint density at radius 2 is 1.84 bits per heavy atom. The maximum atomic E-state index is 12.9. The quantitative estimate of drug-likeness (QED) is 0.814. The number of aryl methyl sites for hydroxylation is 3. The topological polar surface area (TPSA) is 65.4 Å². The van der Waals surface area contributed by atoms with E-state index in [-0.39, 0.29) is 17.4 Å². The van der Waals surface area contributed by atoms with E-state index < -0.39 is 0 Å². The summed E-state index contributed by atoms with van der Waals surface area (Å²) in [6.07, 6.45) is 1.71. The van der Waals surface area contributed by atoms with Gasteiger partial charge in [0.25, 0.3) is 5.56 Å². The smallest absolute Gasteiger partial charge is 0.294 e. The van der Waals surface area contributed by atoms with Crippen molar-refractivity contribution in [2.75, 3.05) is 32.8 Å². The molecule has 25 heavy (non-hydrogen) atoms. The summed E-state index contributed by atoms with van der Waals surface area (Å²) in [5.74, 6) is 0.228. The zero-order valence-electron chi connectivity index (χ0n) is 15.2. The summed E-state index contributed by atoms with van der Waals surface area (Å²) in [6.45, 7) is 6.47. The average Bonchev–Trinajstić information content (AvgIpc) is 2.53. The van der Waals surface area contributed by atoms with Crippen LogP contribution in [0.25, 0.3) is 0 Å². The van der Waals surface area contributed by atoms with E-state index in [0.29, 0.717) is 29.6 Å². The first-order chi connectivity index (χ1) is 11.9. The van der Waals surface area contributed by atoms with Gasteiger partial charge in [-0.05, 0) is 38.0 Å². The molecule has 2 rings (SSSR count). The third-order valence-electron chi connectivity index (χ3n) is 3.84. The highest BCUT2D eigenvalue weighted by atomic mass is 35.5. The Morgan fingerprint density at radius 1 is 1.20 bits per heavy atom. The summed E-state index contributed by atoms with van der Waals surface area (Å²) in [6, 6.07) is 3.62. The van der Waals surface area contributed by atoms with Crippen molar-refractivity contribution in [2.45, 2.75) is 26.8 Å². The van der Waals surface area contributed by atoms with Gasteiger partial charge in [-0.2, -0.15) is 0 Å². The van der Waals surface area contributed by atoms with Crippen molar-refractivity contribution in [3.05, 3.63) is 50.5 Å². The van der Waals surface area contributed by atoms with Gasteiger partial charge in [0.15, 0.2) is 5.82 Å².